The highest BCUT2D eigenvalue weighted by Crippen LogP contribution is 2.36. The monoisotopic (exact) mass is 388 g/mol. The number of hydrogen-bond donors (Lipinski definition) is 1. The summed E-state index contributed by atoms with van der Waals surface area (Å²) in [6.07, 6.45) is 0. The fourth-order valence-corrected chi connectivity index (χ4v) is 4.29. The molecule has 0 atom stereocenters. The average Bonchev–Trinajstić information content (AvgIpc) is 3.48. The van der Waals surface area contributed by atoms with Gasteiger partial charge in [0.1, 0.15) is 17.2 Å². The number of nitrogens with one attached hydrogen (secondary N) is 1. The molecule has 1 aliphatic rings. The quantitative estimate of drug-likeness (QED) is 0.395. The molecular weight excluding hydrogens is 368 g/mol. The molecule has 0 unspecified atom stereocenters. The molecule has 5 aromatic rings. The Labute approximate surface area is 174 Å². The maximum atomic E-state index is 6.32. The lowest BCUT2D eigenvalue weighted by atomic mass is 9.98. The van der Waals surface area contributed by atoms with Crippen molar-refractivity contribution in [3.8, 4) is 22.5 Å². The molecule has 2 heterocycles. The second-order valence-corrected chi connectivity index (χ2v) is 7.59. The van der Waals surface area contributed by atoms with Gasteiger partial charge in [0.25, 0.3) is 0 Å². The molecule has 0 saturated carbocycles. The minimum Gasteiger partial charge on any atom is -0.456 e. The van der Waals surface area contributed by atoms with E-state index in [4.69, 9.17) is 4.42 Å². The van der Waals surface area contributed by atoms with Gasteiger partial charge < -0.3 is 9.73 Å². The van der Waals surface area contributed by atoms with Crippen molar-refractivity contribution in [1.82, 2.24) is 5.32 Å². The third-order valence-electron chi connectivity index (χ3n) is 5.74. The van der Waals surface area contributed by atoms with Crippen LogP contribution in [0.4, 0.5) is 0 Å². The van der Waals surface area contributed by atoms with E-state index in [1.54, 1.807) is 0 Å². The van der Waals surface area contributed by atoms with Crippen LogP contribution in [0.15, 0.2) is 100 Å². The van der Waals surface area contributed by atoms with E-state index in [1.807, 2.05) is 18.2 Å². The van der Waals surface area contributed by atoms with Gasteiger partial charge in [-0.05, 0) is 40.1 Å². The molecule has 30 heavy (non-hydrogen) atoms. The third kappa shape index (κ3) is 2.79. The van der Waals surface area contributed by atoms with Gasteiger partial charge in [-0.15, -0.1) is 0 Å². The third-order valence-corrected chi connectivity index (χ3v) is 5.74. The molecule has 0 spiro atoms. The Bertz CT molecular complexity index is 1430. The number of hydrogen-bond acceptors (Lipinski definition) is 3. The molecule has 1 N–H and O–H groups in total. The summed E-state index contributed by atoms with van der Waals surface area (Å²) >= 11 is 0. The molecule has 0 saturated heterocycles. The highest BCUT2D eigenvalue weighted by molar-refractivity contribution is 6.06. The molecule has 3 heteroatoms. The van der Waals surface area contributed by atoms with E-state index in [0.717, 1.165) is 46.8 Å². The van der Waals surface area contributed by atoms with Crippen molar-refractivity contribution in [1.29, 1.82) is 0 Å². The number of fused-ring (bicyclic) bond motifs is 2. The van der Waals surface area contributed by atoms with Gasteiger partial charge in [-0.3, -0.25) is 4.99 Å². The zero-order valence-corrected chi connectivity index (χ0v) is 16.4. The smallest absolute Gasteiger partial charge is 0.136 e. The van der Waals surface area contributed by atoms with Gasteiger partial charge in [-0.25, -0.2) is 0 Å². The highest BCUT2D eigenvalue weighted by Gasteiger charge is 2.17. The number of nitrogens with zero attached hydrogens (tertiary/aromatic N) is 1. The molecule has 144 valence electrons. The first-order chi connectivity index (χ1) is 14.9. The molecule has 0 aliphatic carbocycles. The summed E-state index contributed by atoms with van der Waals surface area (Å²) in [6.45, 7) is 1.70. The second-order valence-electron chi connectivity index (χ2n) is 7.59. The fourth-order valence-electron chi connectivity index (χ4n) is 4.29. The lowest BCUT2D eigenvalue weighted by molar-refractivity contribution is 0.631. The molecule has 0 bridgehead atoms. The standard InChI is InChI=1S/C27H20N2O/c1-2-7-19-16-20(13-12-18(19)6-1)21-10-5-11-25-24(21)17-26(30-25)22-8-3-4-9-23(22)27-28-14-15-29-27/h1-13,16-17H,14-15H2,(H,28,29). The molecule has 0 fully saturated rings. The predicted octanol–water partition coefficient (Wildman–Crippen LogP) is 6.27. The van der Waals surface area contributed by atoms with Crippen molar-refractivity contribution < 1.29 is 4.42 Å². The highest BCUT2D eigenvalue weighted by atomic mass is 16.3. The predicted molar refractivity (Wildman–Crippen MR) is 124 cm³/mol. The number of rotatable bonds is 3. The van der Waals surface area contributed by atoms with Crippen LogP contribution in [0.1, 0.15) is 5.56 Å². The van der Waals surface area contributed by atoms with Gasteiger partial charge in [0.05, 0.1) is 6.54 Å². The Hall–Kier alpha value is -3.85. The van der Waals surface area contributed by atoms with Crippen LogP contribution in [0.5, 0.6) is 0 Å². The van der Waals surface area contributed by atoms with Gasteiger partial charge >= 0.3 is 0 Å². The van der Waals surface area contributed by atoms with E-state index in [0.29, 0.717) is 0 Å². The summed E-state index contributed by atoms with van der Waals surface area (Å²) in [7, 11) is 0. The van der Waals surface area contributed by atoms with Gasteiger partial charge in [-0.1, -0.05) is 72.8 Å². The first-order valence-corrected chi connectivity index (χ1v) is 10.3. The fraction of sp³-hybridized carbons (Fsp3) is 0.0741. The van der Waals surface area contributed by atoms with Crippen molar-refractivity contribution in [3.63, 3.8) is 0 Å². The van der Waals surface area contributed by atoms with Gasteiger partial charge in [0.2, 0.25) is 0 Å². The Balaban J connectivity index is 1.52. The first-order valence-electron chi connectivity index (χ1n) is 10.3. The first kappa shape index (κ1) is 17.0. The zero-order chi connectivity index (χ0) is 19.9. The molecule has 0 radical (unpaired) electrons. The van der Waals surface area contributed by atoms with Crippen molar-refractivity contribution in [2.75, 3.05) is 13.1 Å². The molecular formula is C27H20N2O. The Morgan fingerprint density at radius 1 is 0.700 bits per heavy atom. The van der Waals surface area contributed by atoms with Gasteiger partial charge in [-0.2, -0.15) is 0 Å². The lowest BCUT2D eigenvalue weighted by Gasteiger charge is -2.07. The summed E-state index contributed by atoms with van der Waals surface area (Å²) in [5, 5.41) is 7.00. The molecule has 1 aliphatic heterocycles. The van der Waals surface area contributed by atoms with E-state index in [9.17, 15) is 0 Å². The Morgan fingerprint density at radius 2 is 1.50 bits per heavy atom. The molecule has 4 aromatic carbocycles. The van der Waals surface area contributed by atoms with E-state index >= 15 is 0 Å². The van der Waals surface area contributed by atoms with E-state index < -0.39 is 0 Å². The maximum Gasteiger partial charge on any atom is 0.136 e. The number of furan rings is 1. The average molecular weight is 388 g/mol. The Kier molecular flexibility index (Phi) is 3.91. The zero-order valence-electron chi connectivity index (χ0n) is 16.4. The molecule has 1 aromatic heterocycles. The number of aliphatic imine (C=N–C) groups is 1. The van der Waals surface area contributed by atoms with E-state index in [2.05, 4.69) is 83.1 Å². The van der Waals surface area contributed by atoms with Crippen LogP contribution in [0.25, 0.3) is 44.2 Å². The van der Waals surface area contributed by atoms with Crippen LogP contribution in [0.2, 0.25) is 0 Å². The largest absolute Gasteiger partial charge is 0.456 e. The van der Waals surface area contributed by atoms with Crippen LogP contribution in [0, 0.1) is 0 Å². The minimum atomic E-state index is 0.815. The van der Waals surface area contributed by atoms with Gasteiger partial charge in [0, 0.05) is 23.1 Å². The number of amidine groups is 1. The van der Waals surface area contributed by atoms with Crippen molar-refractivity contribution in [2.45, 2.75) is 0 Å². The van der Waals surface area contributed by atoms with Crippen LogP contribution in [-0.2, 0) is 0 Å². The number of benzene rings is 4. The molecule has 0 amide bonds. The minimum absolute atomic E-state index is 0.815. The summed E-state index contributed by atoms with van der Waals surface area (Å²) in [6, 6.07) is 31.8. The summed E-state index contributed by atoms with van der Waals surface area (Å²) in [4.78, 5) is 4.60. The molecule has 3 nitrogen and oxygen atoms in total. The van der Waals surface area contributed by atoms with Crippen LogP contribution >= 0.6 is 0 Å². The second kappa shape index (κ2) is 6.89. The van der Waals surface area contributed by atoms with Crippen LogP contribution in [0.3, 0.4) is 0 Å². The molecule has 6 rings (SSSR count). The van der Waals surface area contributed by atoms with E-state index in [-0.39, 0.29) is 0 Å². The summed E-state index contributed by atoms with van der Waals surface area (Å²) in [5.74, 6) is 1.81. The summed E-state index contributed by atoms with van der Waals surface area (Å²) < 4.78 is 6.32. The topological polar surface area (TPSA) is 37.5 Å². The summed E-state index contributed by atoms with van der Waals surface area (Å²) in [5.41, 5.74) is 5.42. The maximum absolute atomic E-state index is 6.32. The van der Waals surface area contributed by atoms with Crippen LogP contribution in [-0.4, -0.2) is 18.9 Å². The lowest BCUT2D eigenvalue weighted by Crippen LogP contribution is -2.20. The SMILES string of the molecule is c1ccc(-c2cc3c(-c4ccc5ccccc5c4)cccc3o2)c(C2=NCCN2)c1. The van der Waals surface area contributed by atoms with Crippen LogP contribution < -0.4 is 5.32 Å². The van der Waals surface area contributed by atoms with E-state index in [1.165, 1.54) is 21.9 Å². The van der Waals surface area contributed by atoms with Crippen molar-refractivity contribution in [3.05, 3.63) is 96.6 Å². The Morgan fingerprint density at radius 3 is 2.37 bits per heavy atom. The van der Waals surface area contributed by atoms with Gasteiger partial charge in [0.15, 0.2) is 0 Å². The normalized spacial score (nSPS) is 13.5. The van der Waals surface area contributed by atoms with Crippen molar-refractivity contribution >= 4 is 27.6 Å². The van der Waals surface area contributed by atoms with Crippen molar-refractivity contribution in [2.24, 2.45) is 4.99 Å².